The molecule has 6 nitrogen and oxygen atoms in total. The number of hydrogen-bond donors (Lipinski definition) is 0. The number of ether oxygens (including phenoxy) is 2. The highest BCUT2D eigenvalue weighted by Crippen LogP contribution is 2.33. The Morgan fingerprint density at radius 3 is 2.34 bits per heavy atom. The van der Waals surface area contributed by atoms with E-state index in [-0.39, 0.29) is 11.5 Å². The fourth-order valence-electron chi connectivity index (χ4n) is 3.32. The van der Waals surface area contributed by atoms with Crippen molar-refractivity contribution in [2.24, 2.45) is 7.05 Å². The number of carbonyl (C=O) groups excluding carboxylic acids is 1. The molecule has 0 atom stereocenters. The molecule has 1 heterocycles. The zero-order valence-corrected chi connectivity index (χ0v) is 17.6. The normalized spacial score (nSPS) is 10.8. The number of aromatic nitrogens is 1. The van der Waals surface area contributed by atoms with Crippen LogP contribution < -0.4 is 19.9 Å². The van der Waals surface area contributed by atoms with E-state index in [1.54, 1.807) is 48.5 Å². The first kappa shape index (κ1) is 20.7. The van der Waals surface area contributed by atoms with E-state index < -0.39 is 0 Å². The van der Waals surface area contributed by atoms with Crippen molar-refractivity contribution < 1.29 is 14.3 Å². The van der Waals surface area contributed by atoms with E-state index in [0.717, 1.165) is 6.42 Å². The fraction of sp³-hybridized carbons (Fsp3) is 0.273. The summed E-state index contributed by atoms with van der Waals surface area (Å²) in [5.41, 5.74) is 0.880. The third-order valence-electron chi connectivity index (χ3n) is 4.73. The average molecular weight is 415 g/mol. The molecule has 0 bridgehead atoms. The predicted molar refractivity (Wildman–Crippen MR) is 116 cm³/mol. The van der Waals surface area contributed by atoms with Crippen LogP contribution in [0.4, 0.5) is 5.69 Å². The molecule has 3 rings (SSSR count). The monoisotopic (exact) mass is 414 g/mol. The van der Waals surface area contributed by atoms with Crippen LogP contribution in [0.25, 0.3) is 10.8 Å². The van der Waals surface area contributed by atoms with Gasteiger partial charge >= 0.3 is 0 Å². The van der Waals surface area contributed by atoms with Crippen LogP contribution in [0.15, 0.2) is 47.4 Å². The first-order valence-electron chi connectivity index (χ1n) is 9.24. The average Bonchev–Trinajstić information content (AvgIpc) is 2.73. The number of halogens is 1. The number of rotatable bonds is 6. The van der Waals surface area contributed by atoms with Crippen molar-refractivity contribution >= 4 is 34.0 Å². The molecule has 1 amide bonds. The van der Waals surface area contributed by atoms with Crippen molar-refractivity contribution in [1.29, 1.82) is 0 Å². The Balaban J connectivity index is 2.25. The summed E-state index contributed by atoms with van der Waals surface area (Å²) in [7, 11) is 4.64. The molecule has 0 spiro atoms. The number of carbonyl (C=O) groups is 1. The molecule has 0 unspecified atom stereocenters. The number of benzene rings is 2. The Hall–Kier alpha value is -2.99. The Morgan fingerprint density at radius 2 is 1.76 bits per heavy atom. The zero-order valence-electron chi connectivity index (χ0n) is 16.9. The molecule has 0 aliphatic rings. The van der Waals surface area contributed by atoms with Crippen molar-refractivity contribution in [1.82, 2.24) is 4.57 Å². The lowest BCUT2D eigenvalue weighted by atomic mass is 10.0. The van der Waals surface area contributed by atoms with Gasteiger partial charge in [-0.3, -0.25) is 9.59 Å². The van der Waals surface area contributed by atoms with Crippen LogP contribution in [0.1, 0.15) is 23.7 Å². The molecule has 152 valence electrons. The molecule has 3 aromatic rings. The predicted octanol–water partition coefficient (Wildman–Crippen LogP) is 4.27. The van der Waals surface area contributed by atoms with E-state index in [1.165, 1.54) is 18.8 Å². The van der Waals surface area contributed by atoms with Crippen LogP contribution in [-0.2, 0) is 7.05 Å². The van der Waals surface area contributed by atoms with Gasteiger partial charge in [0.1, 0.15) is 0 Å². The zero-order chi connectivity index (χ0) is 21.1. The van der Waals surface area contributed by atoms with Crippen molar-refractivity contribution in [3.63, 3.8) is 0 Å². The second-order valence-corrected chi connectivity index (χ2v) is 7.08. The number of fused-ring (bicyclic) bond motifs is 1. The van der Waals surface area contributed by atoms with Crippen molar-refractivity contribution in [3.05, 3.63) is 63.5 Å². The van der Waals surface area contributed by atoms with Gasteiger partial charge in [0, 0.05) is 35.9 Å². The van der Waals surface area contributed by atoms with Gasteiger partial charge in [0.2, 0.25) is 0 Å². The summed E-state index contributed by atoms with van der Waals surface area (Å²) in [4.78, 5) is 27.9. The Labute approximate surface area is 174 Å². The molecule has 2 aromatic carbocycles. The van der Waals surface area contributed by atoms with Gasteiger partial charge in [-0.05, 0) is 36.8 Å². The van der Waals surface area contributed by atoms with E-state index in [1.807, 2.05) is 13.0 Å². The maximum absolute atomic E-state index is 13.6. The first-order valence-corrected chi connectivity index (χ1v) is 9.61. The van der Waals surface area contributed by atoms with Crippen LogP contribution in [0, 0.1) is 0 Å². The molecule has 0 aliphatic heterocycles. The largest absolute Gasteiger partial charge is 0.493 e. The number of aryl methyl sites for hydroxylation is 1. The summed E-state index contributed by atoms with van der Waals surface area (Å²) in [6.07, 6.45) is 2.32. The molecule has 0 saturated carbocycles. The quantitative estimate of drug-likeness (QED) is 0.604. The Kier molecular flexibility index (Phi) is 6.13. The summed E-state index contributed by atoms with van der Waals surface area (Å²) in [5.74, 6) is 0.663. The smallest absolute Gasteiger partial charge is 0.260 e. The SMILES string of the molecule is CCCN(C(=O)c1cn(C)c(=O)c2cc(OC)c(OC)cc12)c1cccc(Cl)c1. The minimum atomic E-state index is -0.220. The van der Waals surface area contributed by atoms with Crippen LogP contribution >= 0.6 is 11.6 Å². The van der Waals surface area contributed by atoms with E-state index in [0.29, 0.717) is 45.1 Å². The van der Waals surface area contributed by atoms with Crippen LogP contribution in [0.5, 0.6) is 11.5 Å². The highest BCUT2D eigenvalue weighted by molar-refractivity contribution is 6.31. The first-order chi connectivity index (χ1) is 13.9. The summed E-state index contributed by atoms with van der Waals surface area (Å²) in [5, 5.41) is 1.45. The molecule has 1 aromatic heterocycles. The van der Waals surface area contributed by atoms with Crippen molar-refractivity contribution in [2.75, 3.05) is 25.7 Å². The summed E-state index contributed by atoms with van der Waals surface area (Å²) >= 11 is 6.14. The highest BCUT2D eigenvalue weighted by atomic mass is 35.5. The molecule has 0 radical (unpaired) electrons. The highest BCUT2D eigenvalue weighted by Gasteiger charge is 2.23. The minimum absolute atomic E-state index is 0.220. The van der Waals surface area contributed by atoms with Gasteiger partial charge in [-0.1, -0.05) is 24.6 Å². The minimum Gasteiger partial charge on any atom is -0.493 e. The van der Waals surface area contributed by atoms with Gasteiger partial charge in [0.15, 0.2) is 11.5 Å². The maximum atomic E-state index is 13.6. The standard InChI is InChI=1S/C22H23ClN2O4/c1-5-9-25(15-8-6-7-14(23)10-15)22(27)18-13-24(2)21(26)17-12-20(29-4)19(28-3)11-16(17)18/h6-8,10-13H,5,9H2,1-4H3. The van der Waals surface area contributed by atoms with Gasteiger partial charge < -0.3 is 18.9 Å². The number of anilines is 1. The molecule has 0 saturated heterocycles. The van der Waals surface area contributed by atoms with Gasteiger partial charge in [-0.2, -0.15) is 0 Å². The van der Waals surface area contributed by atoms with E-state index in [4.69, 9.17) is 21.1 Å². The molecular formula is C22H23ClN2O4. The summed E-state index contributed by atoms with van der Waals surface area (Å²) < 4.78 is 12.1. The fourth-order valence-corrected chi connectivity index (χ4v) is 3.51. The lowest BCUT2D eigenvalue weighted by Gasteiger charge is -2.24. The molecule has 29 heavy (non-hydrogen) atoms. The second kappa shape index (κ2) is 8.57. The maximum Gasteiger partial charge on any atom is 0.260 e. The molecular weight excluding hydrogens is 392 g/mol. The van der Waals surface area contributed by atoms with Gasteiger partial charge in [0.05, 0.1) is 25.2 Å². The lowest BCUT2D eigenvalue weighted by molar-refractivity contribution is 0.0988. The van der Waals surface area contributed by atoms with Crippen molar-refractivity contribution in [3.8, 4) is 11.5 Å². The number of amides is 1. The number of nitrogens with zero attached hydrogens (tertiary/aromatic N) is 2. The summed E-state index contributed by atoms with van der Waals surface area (Å²) in [6.45, 7) is 2.51. The van der Waals surface area contributed by atoms with Crippen LogP contribution in [0.3, 0.4) is 0 Å². The molecule has 0 fully saturated rings. The van der Waals surface area contributed by atoms with E-state index >= 15 is 0 Å². The van der Waals surface area contributed by atoms with E-state index in [9.17, 15) is 9.59 Å². The van der Waals surface area contributed by atoms with Crippen molar-refractivity contribution in [2.45, 2.75) is 13.3 Å². The molecule has 0 N–H and O–H groups in total. The van der Waals surface area contributed by atoms with Crippen LogP contribution in [0.2, 0.25) is 5.02 Å². The lowest BCUT2D eigenvalue weighted by Crippen LogP contribution is -2.33. The van der Waals surface area contributed by atoms with Gasteiger partial charge in [-0.25, -0.2) is 0 Å². The third kappa shape index (κ3) is 3.93. The topological polar surface area (TPSA) is 60.8 Å². The van der Waals surface area contributed by atoms with Gasteiger partial charge in [0.25, 0.3) is 11.5 Å². The Morgan fingerprint density at radius 1 is 1.10 bits per heavy atom. The Bertz CT molecular complexity index is 1120. The number of pyridine rings is 1. The van der Waals surface area contributed by atoms with Gasteiger partial charge in [-0.15, -0.1) is 0 Å². The molecule has 0 aliphatic carbocycles. The molecule has 7 heteroatoms. The second-order valence-electron chi connectivity index (χ2n) is 6.65. The van der Waals surface area contributed by atoms with E-state index in [2.05, 4.69) is 0 Å². The number of hydrogen-bond acceptors (Lipinski definition) is 4. The van der Waals surface area contributed by atoms with Crippen LogP contribution in [-0.4, -0.2) is 31.2 Å². The third-order valence-corrected chi connectivity index (χ3v) is 4.97. The summed E-state index contributed by atoms with van der Waals surface area (Å²) in [6, 6.07) is 10.4. The number of methoxy groups -OCH3 is 2.